The van der Waals surface area contributed by atoms with Crippen molar-refractivity contribution in [3.05, 3.63) is 212 Å². The second kappa shape index (κ2) is 13.6. The number of nitrogens with zero attached hydrogens (tertiary/aromatic N) is 1. The highest BCUT2D eigenvalue weighted by atomic mass is 16.3. The Labute approximate surface area is 330 Å². The van der Waals surface area contributed by atoms with Crippen molar-refractivity contribution >= 4 is 60.9 Å². The van der Waals surface area contributed by atoms with Gasteiger partial charge in [0.15, 0.2) is 0 Å². The molecular weight excluding hydrogens is 695 g/mol. The van der Waals surface area contributed by atoms with Crippen LogP contribution < -0.4 is 4.90 Å². The van der Waals surface area contributed by atoms with Gasteiger partial charge in [0.05, 0.1) is 5.69 Å². The van der Waals surface area contributed by atoms with Crippen LogP contribution in [0.1, 0.15) is 0 Å². The number of anilines is 3. The summed E-state index contributed by atoms with van der Waals surface area (Å²) in [5, 5.41) is 4.43. The van der Waals surface area contributed by atoms with Gasteiger partial charge in [-0.25, -0.2) is 0 Å². The fourth-order valence-corrected chi connectivity index (χ4v) is 8.44. The van der Waals surface area contributed by atoms with Gasteiger partial charge in [-0.15, -0.1) is 0 Å². The van der Waals surface area contributed by atoms with Gasteiger partial charge in [0.1, 0.15) is 22.3 Å². The molecule has 2 aromatic heterocycles. The predicted octanol–water partition coefficient (Wildman–Crippen LogP) is 15.6. The number of para-hydroxylation sites is 5. The molecule has 0 fully saturated rings. The highest BCUT2D eigenvalue weighted by Crippen LogP contribution is 2.47. The lowest BCUT2D eigenvalue weighted by Crippen LogP contribution is -2.11. The lowest BCUT2D eigenvalue weighted by Gasteiger charge is -2.29. The first-order chi connectivity index (χ1) is 28.3. The van der Waals surface area contributed by atoms with E-state index < -0.39 is 0 Å². The maximum atomic E-state index is 6.67. The van der Waals surface area contributed by atoms with Crippen LogP contribution >= 0.6 is 0 Å². The van der Waals surface area contributed by atoms with Crippen LogP contribution in [0, 0.1) is 0 Å². The zero-order valence-electron chi connectivity index (χ0n) is 31.0. The molecule has 57 heavy (non-hydrogen) atoms. The van der Waals surface area contributed by atoms with Crippen LogP contribution in [0.4, 0.5) is 17.1 Å². The van der Waals surface area contributed by atoms with Gasteiger partial charge in [-0.05, 0) is 70.3 Å². The highest BCUT2D eigenvalue weighted by Gasteiger charge is 2.23. The summed E-state index contributed by atoms with van der Waals surface area (Å²) >= 11 is 0. The third kappa shape index (κ3) is 5.60. The van der Waals surface area contributed by atoms with E-state index in [1.165, 1.54) is 5.56 Å². The summed E-state index contributed by atoms with van der Waals surface area (Å²) in [6, 6.07) is 75.1. The van der Waals surface area contributed by atoms with Crippen LogP contribution in [0.3, 0.4) is 0 Å². The summed E-state index contributed by atoms with van der Waals surface area (Å²) < 4.78 is 13.3. The maximum absolute atomic E-state index is 6.67. The molecule has 0 aliphatic heterocycles. The van der Waals surface area contributed by atoms with Crippen LogP contribution in [0.2, 0.25) is 0 Å². The number of rotatable bonds is 7. The third-order valence-corrected chi connectivity index (χ3v) is 11.1. The molecule has 0 aliphatic rings. The summed E-state index contributed by atoms with van der Waals surface area (Å²) in [5.74, 6) is 0. The van der Waals surface area contributed by atoms with Crippen LogP contribution in [0.5, 0.6) is 0 Å². The van der Waals surface area contributed by atoms with E-state index in [1.807, 2.05) is 24.3 Å². The summed E-state index contributed by atoms with van der Waals surface area (Å²) in [6.45, 7) is 0. The van der Waals surface area contributed by atoms with Crippen molar-refractivity contribution in [2.75, 3.05) is 4.90 Å². The largest absolute Gasteiger partial charge is 0.455 e. The summed E-state index contributed by atoms with van der Waals surface area (Å²) in [6.07, 6.45) is 0. The molecule has 0 bridgehead atoms. The highest BCUT2D eigenvalue weighted by molar-refractivity contribution is 6.12. The zero-order valence-corrected chi connectivity index (χ0v) is 31.0. The van der Waals surface area contributed by atoms with Crippen molar-refractivity contribution < 1.29 is 8.83 Å². The average Bonchev–Trinajstić information content (AvgIpc) is 3.87. The van der Waals surface area contributed by atoms with Crippen molar-refractivity contribution in [2.24, 2.45) is 0 Å². The average molecular weight is 730 g/mol. The van der Waals surface area contributed by atoms with Crippen molar-refractivity contribution in [1.29, 1.82) is 0 Å². The number of hydrogen-bond donors (Lipinski definition) is 0. The Hall–Kier alpha value is -7.62. The fourth-order valence-electron chi connectivity index (χ4n) is 8.44. The first-order valence-corrected chi connectivity index (χ1v) is 19.3. The van der Waals surface area contributed by atoms with E-state index in [2.05, 4.69) is 193 Å². The second-order valence-electron chi connectivity index (χ2n) is 14.4. The molecule has 0 N–H and O–H groups in total. The van der Waals surface area contributed by atoms with E-state index in [4.69, 9.17) is 8.83 Å². The van der Waals surface area contributed by atoms with Gasteiger partial charge in [-0.2, -0.15) is 0 Å². The Morgan fingerprint density at radius 2 is 0.754 bits per heavy atom. The summed E-state index contributed by atoms with van der Waals surface area (Å²) in [5.41, 5.74) is 15.5. The lowest BCUT2D eigenvalue weighted by atomic mass is 9.92. The molecule has 0 spiro atoms. The van der Waals surface area contributed by atoms with E-state index in [1.54, 1.807) is 0 Å². The quantitative estimate of drug-likeness (QED) is 0.164. The molecule has 11 aromatic rings. The molecule has 0 amide bonds. The normalized spacial score (nSPS) is 11.5. The first-order valence-electron chi connectivity index (χ1n) is 19.3. The number of hydrogen-bond acceptors (Lipinski definition) is 3. The molecule has 0 saturated carbocycles. The summed E-state index contributed by atoms with van der Waals surface area (Å²) in [7, 11) is 0. The molecule has 3 heteroatoms. The standard InChI is InChI=1S/C54H35NO2/c1-3-15-36(16-4-1)37-29-31-39(32-30-37)55(50-26-10-7-19-42(50)45-22-13-23-46-43-20-8-11-27-51(43)56-53(45)46)40-33-34-41(38-17-5-2-6-18-38)49(35-40)48-25-14-24-47-44-21-9-12-28-52(44)57-54(47)48/h1-35H. The molecule has 9 aromatic carbocycles. The molecule has 0 radical (unpaired) electrons. The van der Waals surface area contributed by atoms with Crippen LogP contribution in [0.15, 0.2) is 221 Å². The fraction of sp³-hybridized carbons (Fsp3) is 0. The monoisotopic (exact) mass is 729 g/mol. The van der Waals surface area contributed by atoms with Gasteiger partial charge in [0, 0.05) is 49.6 Å². The number of fused-ring (bicyclic) bond motifs is 6. The Kier molecular flexibility index (Phi) is 7.82. The van der Waals surface area contributed by atoms with E-state index in [9.17, 15) is 0 Å². The van der Waals surface area contributed by atoms with E-state index in [0.717, 1.165) is 99.9 Å². The number of furan rings is 2. The molecule has 0 saturated heterocycles. The molecule has 0 unspecified atom stereocenters. The molecular formula is C54H35NO2. The first kappa shape index (κ1) is 32.8. The van der Waals surface area contributed by atoms with Crippen LogP contribution in [-0.4, -0.2) is 0 Å². The van der Waals surface area contributed by atoms with Crippen molar-refractivity contribution in [3.63, 3.8) is 0 Å². The van der Waals surface area contributed by atoms with Crippen LogP contribution in [0.25, 0.3) is 88.4 Å². The van der Waals surface area contributed by atoms with Gasteiger partial charge in [-0.3, -0.25) is 0 Å². The van der Waals surface area contributed by atoms with Crippen LogP contribution in [-0.2, 0) is 0 Å². The predicted molar refractivity (Wildman–Crippen MR) is 237 cm³/mol. The Bertz CT molecular complexity index is 3230. The molecule has 0 aliphatic carbocycles. The van der Waals surface area contributed by atoms with Crippen molar-refractivity contribution in [1.82, 2.24) is 0 Å². The third-order valence-electron chi connectivity index (χ3n) is 11.1. The van der Waals surface area contributed by atoms with E-state index in [0.29, 0.717) is 0 Å². The van der Waals surface area contributed by atoms with Gasteiger partial charge < -0.3 is 13.7 Å². The van der Waals surface area contributed by atoms with Gasteiger partial charge >= 0.3 is 0 Å². The minimum atomic E-state index is 0.877. The maximum Gasteiger partial charge on any atom is 0.143 e. The smallest absolute Gasteiger partial charge is 0.143 e. The minimum absolute atomic E-state index is 0.877. The van der Waals surface area contributed by atoms with Gasteiger partial charge in [0.2, 0.25) is 0 Å². The Morgan fingerprint density at radius 3 is 1.40 bits per heavy atom. The minimum Gasteiger partial charge on any atom is -0.455 e. The van der Waals surface area contributed by atoms with Crippen molar-refractivity contribution in [2.45, 2.75) is 0 Å². The van der Waals surface area contributed by atoms with Crippen molar-refractivity contribution in [3.8, 4) is 44.5 Å². The second-order valence-corrected chi connectivity index (χ2v) is 14.4. The molecule has 2 heterocycles. The lowest BCUT2D eigenvalue weighted by molar-refractivity contribution is 0.669. The summed E-state index contributed by atoms with van der Waals surface area (Å²) in [4.78, 5) is 2.38. The molecule has 0 atom stereocenters. The van der Waals surface area contributed by atoms with Gasteiger partial charge in [-0.1, -0.05) is 170 Å². The Morgan fingerprint density at radius 1 is 0.281 bits per heavy atom. The van der Waals surface area contributed by atoms with Gasteiger partial charge in [0.25, 0.3) is 0 Å². The Balaban J connectivity index is 1.17. The van der Waals surface area contributed by atoms with E-state index in [-0.39, 0.29) is 0 Å². The SMILES string of the molecule is c1ccc(-c2ccc(N(c3ccc(-c4ccccc4)c(-c4cccc5c4oc4ccccc45)c3)c3ccccc3-c3cccc4c3oc3ccccc34)cc2)cc1. The van der Waals surface area contributed by atoms with E-state index >= 15 is 0 Å². The number of benzene rings is 9. The zero-order chi connectivity index (χ0) is 37.7. The molecule has 3 nitrogen and oxygen atoms in total. The topological polar surface area (TPSA) is 29.5 Å². The molecule has 11 rings (SSSR count). The molecule has 268 valence electrons.